The number of nitrogens with zero attached hydrogens (tertiary/aromatic N) is 2. The van der Waals surface area contributed by atoms with Gasteiger partial charge in [-0.2, -0.15) is 0 Å². The third-order valence-corrected chi connectivity index (χ3v) is 5.97. The van der Waals surface area contributed by atoms with Crippen LogP contribution in [0.15, 0.2) is 24.3 Å². The van der Waals surface area contributed by atoms with Crippen LogP contribution in [-0.2, 0) is 4.79 Å². The molecule has 3 fully saturated rings. The van der Waals surface area contributed by atoms with Crippen LogP contribution in [0.25, 0.3) is 0 Å². The molecule has 6 heteroatoms. The van der Waals surface area contributed by atoms with Gasteiger partial charge in [0.2, 0.25) is 5.91 Å². The Kier molecular flexibility index (Phi) is 5.19. The Labute approximate surface area is 160 Å². The molecule has 27 heavy (non-hydrogen) atoms. The van der Waals surface area contributed by atoms with Crippen LogP contribution < -0.4 is 10.5 Å². The molecule has 1 aromatic rings. The lowest BCUT2D eigenvalue weighted by molar-refractivity contribution is -0.134. The van der Waals surface area contributed by atoms with Crippen molar-refractivity contribution >= 4 is 11.7 Å². The predicted molar refractivity (Wildman–Crippen MR) is 103 cm³/mol. The molecule has 3 aliphatic rings. The summed E-state index contributed by atoms with van der Waals surface area (Å²) in [6, 6.07) is 7.92. The number of piperazine rings is 1. The molecule has 146 valence electrons. The number of Topliss-reactive ketones (excluding diaryl/α,β-unsaturated/α-hetero) is 1. The van der Waals surface area contributed by atoms with Gasteiger partial charge in [0.15, 0.2) is 5.78 Å². The van der Waals surface area contributed by atoms with Crippen molar-refractivity contribution in [2.24, 2.45) is 11.7 Å². The molecule has 6 nitrogen and oxygen atoms in total. The van der Waals surface area contributed by atoms with Crippen molar-refractivity contribution < 1.29 is 14.3 Å². The number of rotatable bonds is 8. The summed E-state index contributed by atoms with van der Waals surface area (Å²) in [5.74, 6) is 1.42. The number of amides is 1. The normalized spacial score (nSPS) is 25.6. The van der Waals surface area contributed by atoms with Crippen molar-refractivity contribution in [3.05, 3.63) is 29.8 Å². The number of fused-ring (bicyclic) bond motifs is 2. The van der Waals surface area contributed by atoms with Crippen LogP contribution >= 0.6 is 0 Å². The first-order valence-electron chi connectivity index (χ1n) is 10.1. The Morgan fingerprint density at radius 2 is 1.93 bits per heavy atom. The van der Waals surface area contributed by atoms with Crippen LogP contribution in [-0.4, -0.2) is 65.9 Å². The van der Waals surface area contributed by atoms with Gasteiger partial charge in [-0.3, -0.25) is 14.5 Å². The van der Waals surface area contributed by atoms with E-state index in [2.05, 4.69) is 4.90 Å². The second kappa shape index (κ2) is 7.60. The topological polar surface area (TPSA) is 75.9 Å². The molecular formula is C21H29N3O3. The highest BCUT2D eigenvalue weighted by atomic mass is 16.5. The highest BCUT2D eigenvalue weighted by molar-refractivity contribution is 5.99. The van der Waals surface area contributed by atoms with E-state index >= 15 is 0 Å². The monoisotopic (exact) mass is 371 g/mol. The number of carbonyl (C=O) groups excluding carboxylic acids is 2. The largest absolute Gasteiger partial charge is 0.494 e. The Bertz CT molecular complexity index is 699. The lowest BCUT2D eigenvalue weighted by Gasteiger charge is -2.35. The highest BCUT2D eigenvalue weighted by Crippen LogP contribution is 2.33. The molecule has 0 unspecified atom stereocenters. The van der Waals surface area contributed by atoms with Crippen molar-refractivity contribution in [1.29, 1.82) is 0 Å². The number of hydrogen-bond acceptors (Lipinski definition) is 5. The van der Waals surface area contributed by atoms with Gasteiger partial charge < -0.3 is 15.4 Å². The molecule has 2 heterocycles. The molecule has 3 atom stereocenters. The summed E-state index contributed by atoms with van der Waals surface area (Å²) >= 11 is 0. The molecular weight excluding hydrogens is 342 g/mol. The molecule has 4 rings (SSSR count). The van der Waals surface area contributed by atoms with Gasteiger partial charge >= 0.3 is 0 Å². The van der Waals surface area contributed by atoms with Crippen LogP contribution in [0.4, 0.5) is 0 Å². The first kappa shape index (κ1) is 18.4. The number of nitrogens with two attached hydrogens (primary N) is 1. The zero-order valence-corrected chi connectivity index (χ0v) is 16.0. The van der Waals surface area contributed by atoms with E-state index in [1.165, 1.54) is 0 Å². The van der Waals surface area contributed by atoms with E-state index in [1.54, 1.807) is 6.92 Å². The van der Waals surface area contributed by atoms with Gasteiger partial charge in [0.05, 0.1) is 12.6 Å². The second-order valence-corrected chi connectivity index (χ2v) is 8.18. The zero-order chi connectivity index (χ0) is 19.0. The number of likely N-dealkylation sites (tertiary alicyclic amines) is 2. The van der Waals surface area contributed by atoms with E-state index < -0.39 is 6.04 Å². The average molecular weight is 371 g/mol. The molecule has 0 radical (unpaired) electrons. The van der Waals surface area contributed by atoms with Crippen molar-refractivity contribution in [3.8, 4) is 5.75 Å². The van der Waals surface area contributed by atoms with E-state index in [9.17, 15) is 9.59 Å². The molecule has 1 saturated carbocycles. The van der Waals surface area contributed by atoms with Crippen molar-refractivity contribution in [2.45, 2.75) is 50.7 Å². The molecule has 0 aromatic heterocycles. The molecule has 2 aliphatic heterocycles. The summed E-state index contributed by atoms with van der Waals surface area (Å²) in [5.41, 5.74) is 6.53. The van der Waals surface area contributed by atoms with Crippen LogP contribution in [0.1, 0.15) is 43.0 Å². The summed E-state index contributed by atoms with van der Waals surface area (Å²) in [4.78, 5) is 28.6. The summed E-state index contributed by atoms with van der Waals surface area (Å²) in [7, 11) is 0. The third kappa shape index (κ3) is 4.01. The van der Waals surface area contributed by atoms with Crippen LogP contribution in [0.3, 0.4) is 0 Å². The predicted octanol–water partition coefficient (Wildman–Crippen LogP) is 1.68. The van der Waals surface area contributed by atoms with E-state index in [0.29, 0.717) is 18.7 Å². The molecule has 2 bridgehead atoms. The lowest BCUT2D eigenvalue weighted by Crippen LogP contribution is -2.52. The number of ketones is 1. The smallest absolute Gasteiger partial charge is 0.239 e. The molecule has 2 N–H and O–H groups in total. The van der Waals surface area contributed by atoms with Gasteiger partial charge in [-0.25, -0.2) is 0 Å². The van der Waals surface area contributed by atoms with Gasteiger partial charge in [-0.05, 0) is 56.9 Å². The van der Waals surface area contributed by atoms with E-state index in [-0.39, 0.29) is 17.6 Å². The Hall–Kier alpha value is -1.92. The minimum Gasteiger partial charge on any atom is -0.494 e. The molecule has 1 aliphatic carbocycles. The maximum absolute atomic E-state index is 12.1. The molecule has 2 saturated heterocycles. The van der Waals surface area contributed by atoms with Crippen molar-refractivity contribution in [3.63, 3.8) is 0 Å². The van der Waals surface area contributed by atoms with Gasteiger partial charge in [0.1, 0.15) is 5.75 Å². The molecule has 1 amide bonds. The number of ether oxygens (including phenoxy) is 1. The van der Waals surface area contributed by atoms with Crippen molar-refractivity contribution in [2.75, 3.05) is 26.2 Å². The van der Waals surface area contributed by atoms with E-state index in [4.69, 9.17) is 10.5 Å². The first-order valence-corrected chi connectivity index (χ1v) is 10.1. The molecule has 0 spiro atoms. The van der Waals surface area contributed by atoms with Gasteiger partial charge in [0.25, 0.3) is 0 Å². The number of benzene rings is 1. The Morgan fingerprint density at radius 3 is 2.52 bits per heavy atom. The summed E-state index contributed by atoms with van der Waals surface area (Å²) < 4.78 is 5.83. The SMILES string of the molecule is C[C@@H](N)C(=O)N1C[C@H]2C[C@@H]1CN2CCCOc1ccc(C(=O)C2CC2)cc1. The second-order valence-electron chi connectivity index (χ2n) is 8.18. The van der Waals surface area contributed by atoms with E-state index in [0.717, 1.165) is 56.6 Å². The summed E-state index contributed by atoms with van der Waals surface area (Å²) in [6.45, 7) is 5.16. The van der Waals surface area contributed by atoms with Crippen LogP contribution in [0.2, 0.25) is 0 Å². The van der Waals surface area contributed by atoms with Gasteiger partial charge in [0, 0.05) is 43.2 Å². The maximum atomic E-state index is 12.1. The van der Waals surface area contributed by atoms with Gasteiger partial charge in [-0.1, -0.05) is 0 Å². The van der Waals surface area contributed by atoms with Crippen LogP contribution in [0, 0.1) is 5.92 Å². The minimum atomic E-state index is -0.405. The average Bonchev–Trinajstić information content (AvgIpc) is 3.34. The minimum absolute atomic E-state index is 0.0779. The van der Waals surface area contributed by atoms with Crippen LogP contribution in [0.5, 0.6) is 5.75 Å². The maximum Gasteiger partial charge on any atom is 0.239 e. The molecule has 1 aromatic carbocycles. The number of hydrogen-bond donors (Lipinski definition) is 1. The summed E-state index contributed by atoms with van der Waals surface area (Å²) in [5, 5.41) is 0. The zero-order valence-electron chi connectivity index (χ0n) is 16.0. The lowest BCUT2D eigenvalue weighted by atomic mass is 10.1. The fourth-order valence-corrected chi connectivity index (χ4v) is 4.31. The summed E-state index contributed by atoms with van der Waals surface area (Å²) in [6.07, 6.45) is 4.09. The highest BCUT2D eigenvalue weighted by Gasteiger charge is 2.45. The standard InChI is InChI=1S/C21H29N3O3/c1-14(22)21(26)24-13-17-11-18(24)12-23(17)9-2-10-27-19-7-5-16(6-8-19)20(25)15-3-4-15/h5-8,14-15,17-18H,2-4,9-13,22H2,1H3/t14-,17-,18-/m1/s1. The fraction of sp³-hybridized carbons (Fsp3) is 0.619. The quantitative estimate of drug-likeness (QED) is 0.556. The number of carbonyl (C=O) groups is 2. The van der Waals surface area contributed by atoms with Gasteiger partial charge in [-0.15, -0.1) is 0 Å². The van der Waals surface area contributed by atoms with E-state index in [1.807, 2.05) is 29.2 Å². The Morgan fingerprint density at radius 1 is 1.19 bits per heavy atom. The Balaban J connectivity index is 1.17. The third-order valence-electron chi connectivity index (χ3n) is 5.97. The fourth-order valence-electron chi connectivity index (χ4n) is 4.31. The van der Waals surface area contributed by atoms with Crippen molar-refractivity contribution in [1.82, 2.24) is 9.80 Å². The first-order chi connectivity index (χ1) is 13.0.